The van der Waals surface area contributed by atoms with Crippen LogP contribution < -0.4 is 10.6 Å². The van der Waals surface area contributed by atoms with Crippen LogP contribution in [0.15, 0.2) is 17.5 Å². The lowest BCUT2D eigenvalue weighted by Crippen LogP contribution is -2.36. The predicted octanol–water partition coefficient (Wildman–Crippen LogP) is 4.22. The summed E-state index contributed by atoms with van der Waals surface area (Å²) in [5.41, 5.74) is 0.767. The number of carbonyl (C=O) groups is 3. The monoisotopic (exact) mass is 406 g/mol. The molecule has 27 heavy (non-hydrogen) atoms. The van der Waals surface area contributed by atoms with Gasteiger partial charge < -0.3 is 15.4 Å². The highest BCUT2D eigenvalue weighted by Gasteiger charge is 2.28. The molecule has 144 valence electrons. The van der Waals surface area contributed by atoms with Crippen LogP contribution in [0, 0.1) is 6.92 Å². The first kappa shape index (κ1) is 19.6. The first-order chi connectivity index (χ1) is 13.0. The molecule has 2 aromatic rings. The number of anilines is 1. The summed E-state index contributed by atoms with van der Waals surface area (Å²) in [5.74, 6) is -1.08. The third-order valence-electron chi connectivity index (χ3n) is 4.65. The van der Waals surface area contributed by atoms with Gasteiger partial charge in [-0.05, 0) is 36.8 Å². The highest BCUT2D eigenvalue weighted by Crippen LogP contribution is 2.34. The van der Waals surface area contributed by atoms with Crippen molar-refractivity contribution in [2.75, 3.05) is 12.4 Å². The molecule has 0 atom stereocenters. The van der Waals surface area contributed by atoms with E-state index >= 15 is 0 Å². The molecule has 0 unspecified atom stereocenters. The molecular weight excluding hydrogens is 384 g/mol. The lowest BCUT2D eigenvalue weighted by atomic mass is 9.95. The Labute approximate surface area is 165 Å². The fourth-order valence-corrected chi connectivity index (χ4v) is 4.95. The van der Waals surface area contributed by atoms with Crippen molar-refractivity contribution >= 4 is 45.5 Å². The molecule has 1 saturated carbocycles. The molecule has 2 aromatic heterocycles. The minimum Gasteiger partial charge on any atom is -0.465 e. The van der Waals surface area contributed by atoms with Gasteiger partial charge in [0.2, 0.25) is 0 Å². The molecule has 8 heteroatoms. The molecule has 0 aromatic carbocycles. The number of amides is 2. The summed E-state index contributed by atoms with van der Waals surface area (Å²) in [7, 11) is 1.28. The van der Waals surface area contributed by atoms with Crippen LogP contribution in [0.25, 0.3) is 0 Å². The van der Waals surface area contributed by atoms with Crippen molar-refractivity contribution in [3.63, 3.8) is 0 Å². The van der Waals surface area contributed by atoms with Gasteiger partial charge in [-0.1, -0.05) is 25.3 Å². The number of ether oxygens (including phenoxy) is 1. The third kappa shape index (κ3) is 4.39. The number of hydrogen-bond acceptors (Lipinski definition) is 6. The number of carbonyl (C=O) groups excluding carboxylic acids is 3. The van der Waals surface area contributed by atoms with Crippen LogP contribution >= 0.6 is 22.7 Å². The first-order valence-corrected chi connectivity index (χ1v) is 10.6. The molecule has 1 aliphatic carbocycles. The zero-order valence-electron chi connectivity index (χ0n) is 15.3. The van der Waals surface area contributed by atoms with Gasteiger partial charge in [0, 0.05) is 6.04 Å². The summed E-state index contributed by atoms with van der Waals surface area (Å²) < 4.78 is 4.86. The van der Waals surface area contributed by atoms with E-state index in [1.165, 1.54) is 24.9 Å². The van der Waals surface area contributed by atoms with Crippen LogP contribution in [-0.2, 0) is 4.74 Å². The van der Waals surface area contributed by atoms with Gasteiger partial charge in [-0.3, -0.25) is 9.59 Å². The van der Waals surface area contributed by atoms with Gasteiger partial charge in [0.25, 0.3) is 11.8 Å². The number of rotatable bonds is 5. The van der Waals surface area contributed by atoms with Crippen molar-refractivity contribution in [3.05, 3.63) is 38.4 Å². The Balaban J connectivity index is 1.86. The summed E-state index contributed by atoms with van der Waals surface area (Å²) in [5, 5.41) is 7.96. The lowest BCUT2D eigenvalue weighted by Gasteiger charge is -2.22. The van der Waals surface area contributed by atoms with Gasteiger partial charge in [0.1, 0.15) is 5.00 Å². The molecule has 0 aliphatic heterocycles. The Hall–Kier alpha value is -2.19. The minimum absolute atomic E-state index is 0.165. The van der Waals surface area contributed by atoms with Crippen LogP contribution in [0.5, 0.6) is 0 Å². The summed E-state index contributed by atoms with van der Waals surface area (Å²) in [6, 6.07) is 3.65. The Morgan fingerprint density at radius 3 is 2.52 bits per heavy atom. The number of esters is 1. The van der Waals surface area contributed by atoms with E-state index in [-0.39, 0.29) is 23.4 Å². The molecule has 2 N–H and O–H groups in total. The van der Waals surface area contributed by atoms with Crippen molar-refractivity contribution in [1.82, 2.24) is 5.32 Å². The van der Waals surface area contributed by atoms with Crippen molar-refractivity contribution < 1.29 is 19.1 Å². The van der Waals surface area contributed by atoms with Gasteiger partial charge in [-0.25, -0.2) is 4.79 Å². The van der Waals surface area contributed by atoms with Gasteiger partial charge in [-0.15, -0.1) is 22.7 Å². The van der Waals surface area contributed by atoms with E-state index < -0.39 is 5.97 Å². The molecular formula is C19H22N2O4S2. The maximum atomic E-state index is 12.8. The van der Waals surface area contributed by atoms with E-state index in [1.807, 2.05) is 0 Å². The van der Waals surface area contributed by atoms with E-state index in [2.05, 4.69) is 10.6 Å². The zero-order valence-corrected chi connectivity index (χ0v) is 16.9. The normalized spacial score (nSPS) is 14.6. The molecule has 1 fully saturated rings. The Kier molecular flexibility index (Phi) is 6.28. The molecule has 0 spiro atoms. The van der Waals surface area contributed by atoms with Crippen LogP contribution in [-0.4, -0.2) is 30.9 Å². The molecule has 0 bridgehead atoms. The fourth-order valence-electron chi connectivity index (χ4n) is 3.24. The highest BCUT2D eigenvalue weighted by molar-refractivity contribution is 7.19. The zero-order chi connectivity index (χ0) is 19.4. The van der Waals surface area contributed by atoms with Gasteiger partial charge in [0.05, 0.1) is 22.4 Å². The Morgan fingerprint density at radius 2 is 1.89 bits per heavy atom. The molecule has 1 aliphatic rings. The molecule has 6 nitrogen and oxygen atoms in total. The predicted molar refractivity (Wildman–Crippen MR) is 107 cm³/mol. The van der Waals surface area contributed by atoms with Crippen LogP contribution in [0.3, 0.4) is 0 Å². The number of nitrogens with one attached hydrogen (secondary N) is 2. The number of hydrogen-bond donors (Lipinski definition) is 2. The van der Waals surface area contributed by atoms with Gasteiger partial charge >= 0.3 is 5.97 Å². The lowest BCUT2D eigenvalue weighted by molar-refractivity contribution is 0.0601. The topological polar surface area (TPSA) is 84.5 Å². The summed E-state index contributed by atoms with van der Waals surface area (Å²) in [4.78, 5) is 38.4. The van der Waals surface area contributed by atoms with Crippen molar-refractivity contribution in [3.8, 4) is 0 Å². The van der Waals surface area contributed by atoms with E-state index in [9.17, 15) is 14.4 Å². The molecule has 0 saturated heterocycles. The quantitative estimate of drug-likeness (QED) is 0.728. The number of methoxy groups -OCH3 is 1. The SMILES string of the molecule is COC(=O)c1c(NC(=O)c2cccs2)sc(C(=O)NC2CCCCC2)c1C. The van der Waals surface area contributed by atoms with Crippen molar-refractivity contribution in [1.29, 1.82) is 0 Å². The largest absolute Gasteiger partial charge is 0.465 e. The summed E-state index contributed by atoms with van der Waals surface area (Å²) >= 11 is 2.42. The second-order valence-corrected chi connectivity index (χ2v) is 8.46. The second kappa shape index (κ2) is 8.67. The highest BCUT2D eigenvalue weighted by atomic mass is 32.1. The maximum absolute atomic E-state index is 12.8. The average Bonchev–Trinajstić information content (AvgIpc) is 3.30. The van der Waals surface area contributed by atoms with E-state index in [4.69, 9.17) is 4.74 Å². The molecule has 2 heterocycles. The second-order valence-electron chi connectivity index (χ2n) is 6.49. The fraction of sp³-hybridized carbons (Fsp3) is 0.421. The Bertz CT molecular complexity index is 836. The Morgan fingerprint density at radius 1 is 1.15 bits per heavy atom. The van der Waals surface area contributed by atoms with E-state index in [0.717, 1.165) is 37.0 Å². The smallest absolute Gasteiger partial charge is 0.341 e. The van der Waals surface area contributed by atoms with Crippen molar-refractivity contribution in [2.24, 2.45) is 0 Å². The van der Waals surface area contributed by atoms with Gasteiger partial charge in [-0.2, -0.15) is 0 Å². The summed E-state index contributed by atoms with van der Waals surface area (Å²) in [6.07, 6.45) is 5.38. The maximum Gasteiger partial charge on any atom is 0.341 e. The van der Waals surface area contributed by atoms with Crippen LogP contribution in [0.2, 0.25) is 0 Å². The standard InChI is InChI=1S/C19H22N2O4S2/c1-11-14(19(24)25-2)18(21-16(22)13-9-6-10-26-13)27-15(11)17(23)20-12-7-4-3-5-8-12/h6,9-10,12H,3-5,7-8H2,1-2H3,(H,20,23)(H,21,22). The van der Waals surface area contributed by atoms with Crippen LogP contribution in [0.4, 0.5) is 5.00 Å². The summed E-state index contributed by atoms with van der Waals surface area (Å²) in [6.45, 7) is 1.71. The molecule has 2 amide bonds. The molecule has 3 rings (SSSR count). The molecule has 0 radical (unpaired) electrons. The van der Waals surface area contributed by atoms with E-state index in [0.29, 0.717) is 20.3 Å². The minimum atomic E-state index is -0.568. The number of thiophene rings is 2. The van der Waals surface area contributed by atoms with Crippen molar-refractivity contribution in [2.45, 2.75) is 45.1 Å². The first-order valence-electron chi connectivity index (χ1n) is 8.88. The third-order valence-corrected chi connectivity index (χ3v) is 6.73. The van der Waals surface area contributed by atoms with E-state index in [1.54, 1.807) is 24.4 Å². The average molecular weight is 407 g/mol. The van der Waals surface area contributed by atoms with Crippen LogP contribution in [0.1, 0.15) is 67.4 Å². The van der Waals surface area contributed by atoms with Gasteiger partial charge in [0.15, 0.2) is 0 Å².